The minimum atomic E-state index is 0.142. The van der Waals surface area contributed by atoms with E-state index in [2.05, 4.69) is 18.9 Å². The summed E-state index contributed by atoms with van der Waals surface area (Å²) in [5.74, 6) is 1.62. The standard InChI is InChI=1S/C16H31NO2/c1-14-4-3-7-16(10-14,13-18)12-17(2)8-9-19-11-15-5-6-15/h14-15,18H,3-13H2,1-2H3. The van der Waals surface area contributed by atoms with E-state index in [0.717, 1.165) is 38.1 Å². The quantitative estimate of drug-likeness (QED) is 0.687. The van der Waals surface area contributed by atoms with Crippen molar-refractivity contribution >= 4 is 0 Å². The molecular formula is C16H31NO2. The zero-order valence-electron chi connectivity index (χ0n) is 12.7. The zero-order valence-corrected chi connectivity index (χ0v) is 12.7. The molecule has 0 amide bonds. The molecule has 0 aliphatic heterocycles. The van der Waals surface area contributed by atoms with Gasteiger partial charge < -0.3 is 14.7 Å². The molecule has 2 saturated carbocycles. The Balaban J connectivity index is 1.67. The maximum Gasteiger partial charge on any atom is 0.0593 e. The van der Waals surface area contributed by atoms with Crippen LogP contribution in [0, 0.1) is 17.3 Å². The average molecular weight is 269 g/mol. The lowest BCUT2D eigenvalue weighted by Crippen LogP contribution is -2.42. The maximum atomic E-state index is 9.80. The minimum absolute atomic E-state index is 0.142. The lowest BCUT2D eigenvalue weighted by molar-refractivity contribution is 0.0208. The summed E-state index contributed by atoms with van der Waals surface area (Å²) in [6, 6.07) is 0. The summed E-state index contributed by atoms with van der Waals surface area (Å²) in [5, 5.41) is 9.80. The molecule has 1 N–H and O–H groups in total. The Bertz CT molecular complexity index is 267. The van der Waals surface area contributed by atoms with Crippen LogP contribution in [0.5, 0.6) is 0 Å². The third kappa shape index (κ3) is 5.05. The van der Waals surface area contributed by atoms with Crippen LogP contribution in [0.4, 0.5) is 0 Å². The van der Waals surface area contributed by atoms with Crippen molar-refractivity contribution in [2.45, 2.75) is 45.4 Å². The second-order valence-corrected chi connectivity index (χ2v) is 7.12. The molecule has 3 nitrogen and oxygen atoms in total. The van der Waals surface area contributed by atoms with E-state index in [4.69, 9.17) is 4.74 Å². The Morgan fingerprint density at radius 2 is 2.11 bits per heavy atom. The number of nitrogens with zero attached hydrogens (tertiary/aromatic N) is 1. The van der Waals surface area contributed by atoms with E-state index < -0.39 is 0 Å². The second-order valence-electron chi connectivity index (χ2n) is 7.12. The third-order valence-corrected chi connectivity index (χ3v) is 4.79. The monoisotopic (exact) mass is 269 g/mol. The lowest BCUT2D eigenvalue weighted by atomic mass is 9.70. The van der Waals surface area contributed by atoms with Crippen molar-refractivity contribution in [2.75, 3.05) is 40.0 Å². The second kappa shape index (κ2) is 7.05. The van der Waals surface area contributed by atoms with E-state index in [1.165, 1.54) is 38.5 Å². The molecule has 2 rings (SSSR count). The molecular weight excluding hydrogens is 238 g/mol. The van der Waals surface area contributed by atoms with Crippen LogP contribution >= 0.6 is 0 Å². The van der Waals surface area contributed by atoms with Gasteiger partial charge in [0.25, 0.3) is 0 Å². The van der Waals surface area contributed by atoms with Crippen molar-refractivity contribution in [2.24, 2.45) is 17.3 Å². The number of ether oxygens (including phenoxy) is 1. The Labute approximate surface area is 118 Å². The first-order valence-electron chi connectivity index (χ1n) is 8.01. The van der Waals surface area contributed by atoms with E-state index >= 15 is 0 Å². The minimum Gasteiger partial charge on any atom is -0.396 e. The van der Waals surface area contributed by atoms with Crippen molar-refractivity contribution in [1.29, 1.82) is 0 Å². The number of aliphatic hydroxyl groups excluding tert-OH is 1. The van der Waals surface area contributed by atoms with Gasteiger partial charge in [0.15, 0.2) is 0 Å². The molecule has 2 aliphatic carbocycles. The normalized spacial score (nSPS) is 31.9. The van der Waals surface area contributed by atoms with E-state index in [1.54, 1.807) is 0 Å². The molecule has 0 aromatic carbocycles. The Hall–Kier alpha value is -0.120. The molecule has 19 heavy (non-hydrogen) atoms. The molecule has 0 saturated heterocycles. The van der Waals surface area contributed by atoms with Gasteiger partial charge in [-0.1, -0.05) is 19.8 Å². The van der Waals surface area contributed by atoms with Crippen LogP contribution in [0.25, 0.3) is 0 Å². The van der Waals surface area contributed by atoms with Gasteiger partial charge in [0, 0.05) is 31.7 Å². The van der Waals surface area contributed by atoms with Crippen LogP contribution in [0.1, 0.15) is 45.4 Å². The summed E-state index contributed by atoms with van der Waals surface area (Å²) in [6.07, 6.45) is 7.68. The fraction of sp³-hybridized carbons (Fsp3) is 1.00. The molecule has 0 spiro atoms. The maximum absolute atomic E-state index is 9.80. The first kappa shape index (κ1) is 15.3. The highest BCUT2D eigenvalue weighted by molar-refractivity contribution is 4.87. The summed E-state index contributed by atoms with van der Waals surface area (Å²) in [6.45, 7) is 6.45. The number of likely N-dealkylation sites (N-methyl/N-ethyl adjacent to an activating group) is 1. The number of hydrogen-bond donors (Lipinski definition) is 1. The fourth-order valence-electron chi connectivity index (χ4n) is 3.51. The van der Waals surface area contributed by atoms with E-state index in [1.807, 2.05) is 0 Å². The van der Waals surface area contributed by atoms with Gasteiger partial charge in [0.1, 0.15) is 0 Å². The largest absolute Gasteiger partial charge is 0.396 e. The Morgan fingerprint density at radius 3 is 2.74 bits per heavy atom. The van der Waals surface area contributed by atoms with Gasteiger partial charge in [-0.05, 0) is 44.6 Å². The summed E-state index contributed by atoms with van der Waals surface area (Å²) in [4.78, 5) is 2.35. The summed E-state index contributed by atoms with van der Waals surface area (Å²) in [7, 11) is 2.16. The molecule has 3 heteroatoms. The molecule has 2 atom stereocenters. The first-order chi connectivity index (χ1) is 9.13. The fourth-order valence-corrected chi connectivity index (χ4v) is 3.51. The van der Waals surface area contributed by atoms with Gasteiger partial charge in [0.2, 0.25) is 0 Å². The molecule has 2 aliphatic rings. The third-order valence-electron chi connectivity index (χ3n) is 4.79. The highest BCUT2D eigenvalue weighted by Crippen LogP contribution is 2.39. The summed E-state index contributed by atoms with van der Waals surface area (Å²) in [5.41, 5.74) is 0.142. The Morgan fingerprint density at radius 1 is 1.32 bits per heavy atom. The van der Waals surface area contributed by atoms with Gasteiger partial charge in [-0.25, -0.2) is 0 Å². The number of rotatable bonds is 8. The van der Waals surface area contributed by atoms with Crippen molar-refractivity contribution < 1.29 is 9.84 Å². The molecule has 0 aromatic rings. The number of aliphatic hydroxyl groups is 1. The predicted octanol–water partition coefficient (Wildman–Crippen LogP) is 2.53. The van der Waals surface area contributed by atoms with Crippen molar-refractivity contribution in [3.05, 3.63) is 0 Å². The zero-order chi connectivity index (χ0) is 13.7. The highest BCUT2D eigenvalue weighted by Gasteiger charge is 2.35. The smallest absolute Gasteiger partial charge is 0.0593 e. The molecule has 0 radical (unpaired) electrons. The van der Waals surface area contributed by atoms with E-state index in [-0.39, 0.29) is 5.41 Å². The average Bonchev–Trinajstić information content (AvgIpc) is 3.19. The van der Waals surface area contributed by atoms with E-state index in [9.17, 15) is 5.11 Å². The van der Waals surface area contributed by atoms with Crippen molar-refractivity contribution in [3.63, 3.8) is 0 Å². The molecule has 2 fully saturated rings. The van der Waals surface area contributed by atoms with Crippen LogP contribution in [-0.4, -0.2) is 50.0 Å². The molecule has 112 valence electrons. The van der Waals surface area contributed by atoms with Crippen LogP contribution in [0.3, 0.4) is 0 Å². The van der Waals surface area contributed by atoms with Crippen molar-refractivity contribution in [3.8, 4) is 0 Å². The molecule has 0 aromatic heterocycles. The lowest BCUT2D eigenvalue weighted by Gasteiger charge is -2.41. The van der Waals surface area contributed by atoms with Gasteiger partial charge >= 0.3 is 0 Å². The first-order valence-corrected chi connectivity index (χ1v) is 8.01. The van der Waals surface area contributed by atoms with Crippen molar-refractivity contribution in [1.82, 2.24) is 4.90 Å². The van der Waals surface area contributed by atoms with Gasteiger partial charge in [0.05, 0.1) is 6.61 Å². The van der Waals surface area contributed by atoms with Gasteiger partial charge in [-0.15, -0.1) is 0 Å². The predicted molar refractivity (Wildman–Crippen MR) is 78.2 cm³/mol. The van der Waals surface area contributed by atoms with Crippen LogP contribution < -0.4 is 0 Å². The highest BCUT2D eigenvalue weighted by atomic mass is 16.5. The van der Waals surface area contributed by atoms with Crippen LogP contribution in [0.2, 0.25) is 0 Å². The van der Waals surface area contributed by atoms with Gasteiger partial charge in [-0.3, -0.25) is 0 Å². The molecule has 0 heterocycles. The van der Waals surface area contributed by atoms with Gasteiger partial charge in [-0.2, -0.15) is 0 Å². The topological polar surface area (TPSA) is 32.7 Å². The van der Waals surface area contributed by atoms with E-state index in [0.29, 0.717) is 6.61 Å². The summed E-state index contributed by atoms with van der Waals surface area (Å²) >= 11 is 0. The van der Waals surface area contributed by atoms with Crippen LogP contribution in [0.15, 0.2) is 0 Å². The SMILES string of the molecule is CC1CCCC(CO)(CN(C)CCOCC2CC2)C1. The molecule has 0 bridgehead atoms. The molecule has 2 unspecified atom stereocenters. The summed E-state index contributed by atoms with van der Waals surface area (Å²) < 4.78 is 5.70. The number of hydrogen-bond acceptors (Lipinski definition) is 3. The van der Waals surface area contributed by atoms with Crippen LogP contribution in [-0.2, 0) is 4.74 Å². The Kier molecular flexibility index (Phi) is 5.67.